The molecule has 7 heteroatoms. The molecule has 2 heterocycles. The number of halogens is 1. The second-order valence-corrected chi connectivity index (χ2v) is 7.15. The molecule has 2 atom stereocenters. The van der Waals surface area contributed by atoms with Crippen LogP contribution in [0.15, 0.2) is 65.5 Å². The maximum absolute atomic E-state index is 12.7. The van der Waals surface area contributed by atoms with Crippen molar-refractivity contribution in [3.63, 3.8) is 0 Å². The van der Waals surface area contributed by atoms with Crippen LogP contribution in [0.3, 0.4) is 0 Å². The maximum Gasteiger partial charge on any atom is 0.261 e. The van der Waals surface area contributed by atoms with Crippen LogP contribution in [0.4, 0.5) is 0 Å². The topological polar surface area (TPSA) is 82.3 Å². The van der Waals surface area contributed by atoms with Gasteiger partial charge in [-0.05, 0) is 36.8 Å². The molecule has 0 fully saturated rings. The molecule has 2 N–H and O–H groups in total. The number of primary amides is 1. The molecule has 0 spiro atoms. The van der Waals surface area contributed by atoms with Crippen LogP contribution >= 0.6 is 11.6 Å². The molecule has 1 amide bonds. The second kappa shape index (κ2) is 7.21. The number of benzene rings is 1. The van der Waals surface area contributed by atoms with E-state index in [1.54, 1.807) is 43.6 Å². The summed E-state index contributed by atoms with van der Waals surface area (Å²) in [5.74, 6) is -0.579. The highest BCUT2D eigenvalue weighted by atomic mass is 35.5. The summed E-state index contributed by atoms with van der Waals surface area (Å²) >= 11 is 6.19. The molecule has 3 rings (SSSR count). The van der Waals surface area contributed by atoms with E-state index in [1.165, 1.54) is 0 Å². The Morgan fingerprint density at radius 3 is 2.56 bits per heavy atom. The number of nitrogens with zero attached hydrogens (tertiary/aromatic N) is 1. The van der Waals surface area contributed by atoms with Crippen molar-refractivity contribution in [3.05, 3.63) is 81.7 Å². The Labute approximate surface area is 152 Å². The Hall–Kier alpha value is -2.44. The van der Waals surface area contributed by atoms with Crippen molar-refractivity contribution in [2.75, 3.05) is 0 Å². The Morgan fingerprint density at radius 2 is 1.92 bits per heavy atom. The number of hydrogen-bond donors (Lipinski definition) is 1. The summed E-state index contributed by atoms with van der Waals surface area (Å²) in [6, 6.07) is 10.7. The first-order valence-corrected chi connectivity index (χ1v) is 9.01. The summed E-state index contributed by atoms with van der Waals surface area (Å²) in [5, 5.41) is 0.550. The van der Waals surface area contributed by atoms with Crippen LogP contribution in [0.25, 0.3) is 4.91 Å². The number of rotatable bonds is 5. The van der Waals surface area contributed by atoms with Crippen LogP contribution < -0.4 is 5.73 Å². The first-order chi connectivity index (χ1) is 12.0. The normalized spacial score (nSPS) is 18.0. The molecule has 2 aromatic rings. The number of nitrogens with two attached hydrogens (primary N) is 1. The van der Waals surface area contributed by atoms with E-state index in [0.717, 1.165) is 5.56 Å². The van der Waals surface area contributed by atoms with Crippen molar-refractivity contribution in [2.24, 2.45) is 5.73 Å². The van der Waals surface area contributed by atoms with Crippen LogP contribution in [0.2, 0.25) is 5.02 Å². The van der Waals surface area contributed by atoms with Gasteiger partial charge in [0.05, 0.1) is 15.7 Å². The van der Waals surface area contributed by atoms with Crippen molar-refractivity contribution in [3.8, 4) is 0 Å². The zero-order valence-corrected chi connectivity index (χ0v) is 14.9. The lowest BCUT2D eigenvalue weighted by Gasteiger charge is -2.16. The van der Waals surface area contributed by atoms with Gasteiger partial charge in [-0.25, -0.2) is 4.21 Å². The number of pyridine rings is 1. The zero-order chi connectivity index (χ0) is 18.0. The number of amides is 1. The van der Waals surface area contributed by atoms with Crippen LogP contribution in [-0.2, 0) is 20.3 Å². The monoisotopic (exact) mass is 374 g/mol. The molecule has 1 aliphatic rings. The SMILES string of the molecule is CC(OC1=C(C(N)=O)S(=O)C(c2ccncc2)=C1)c1ccccc1Cl. The second-order valence-electron chi connectivity index (χ2n) is 5.35. The number of carbonyl (C=O) groups is 1. The number of aromatic nitrogens is 1. The lowest BCUT2D eigenvalue weighted by atomic mass is 10.1. The van der Waals surface area contributed by atoms with E-state index < -0.39 is 22.8 Å². The summed E-state index contributed by atoms with van der Waals surface area (Å²) in [6.07, 6.45) is 4.31. The fraction of sp³-hybridized carbons (Fsp3) is 0.111. The fourth-order valence-corrected chi connectivity index (χ4v) is 4.05. The van der Waals surface area contributed by atoms with Gasteiger partial charge >= 0.3 is 0 Å². The van der Waals surface area contributed by atoms with Gasteiger partial charge in [0.25, 0.3) is 5.91 Å². The molecule has 1 aliphatic heterocycles. The van der Waals surface area contributed by atoms with Gasteiger partial charge in [-0.2, -0.15) is 0 Å². The molecule has 0 saturated heterocycles. The standard InChI is InChI=1S/C18H15ClN2O3S/c1-11(13-4-2-3-5-14(13)19)24-15-10-16(12-6-8-21-9-7-12)25(23)17(15)18(20)22/h2-11H,1H3,(H2,20,22). The molecule has 5 nitrogen and oxygen atoms in total. The van der Waals surface area contributed by atoms with Crippen molar-refractivity contribution < 1.29 is 13.7 Å². The molecule has 1 aromatic heterocycles. The third kappa shape index (κ3) is 3.50. The molecule has 0 bridgehead atoms. The Bertz CT molecular complexity index is 910. The molecule has 1 aromatic carbocycles. The average Bonchev–Trinajstić information content (AvgIpc) is 2.92. The smallest absolute Gasteiger partial charge is 0.261 e. The van der Waals surface area contributed by atoms with Gasteiger partial charge < -0.3 is 10.5 Å². The minimum absolute atomic E-state index is 0.0503. The zero-order valence-electron chi connectivity index (χ0n) is 13.3. The van der Waals surface area contributed by atoms with Gasteiger partial charge in [0, 0.05) is 23.0 Å². The summed E-state index contributed by atoms with van der Waals surface area (Å²) in [4.78, 5) is 16.1. The van der Waals surface area contributed by atoms with Crippen LogP contribution in [0.1, 0.15) is 24.2 Å². The Balaban J connectivity index is 1.96. The van der Waals surface area contributed by atoms with Crippen molar-refractivity contribution in [2.45, 2.75) is 13.0 Å². The summed E-state index contributed by atoms with van der Waals surface area (Å²) in [5.41, 5.74) is 6.87. The molecule has 0 radical (unpaired) electrons. The first-order valence-electron chi connectivity index (χ1n) is 7.48. The van der Waals surface area contributed by atoms with E-state index in [1.807, 2.05) is 18.2 Å². The number of hydrogen-bond acceptors (Lipinski definition) is 4. The lowest BCUT2D eigenvalue weighted by molar-refractivity contribution is -0.114. The Morgan fingerprint density at radius 1 is 1.24 bits per heavy atom. The van der Waals surface area contributed by atoms with Crippen molar-refractivity contribution in [1.29, 1.82) is 0 Å². The predicted octanol–water partition coefficient (Wildman–Crippen LogP) is 3.31. The first kappa shape index (κ1) is 17.4. The molecular formula is C18H15ClN2O3S. The van der Waals surface area contributed by atoms with Gasteiger partial charge in [-0.1, -0.05) is 29.8 Å². The quantitative estimate of drug-likeness (QED) is 0.870. The van der Waals surface area contributed by atoms with E-state index >= 15 is 0 Å². The highest BCUT2D eigenvalue weighted by Crippen LogP contribution is 2.36. The minimum Gasteiger partial charge on any atom is -0.484 e. The van der Waals surface area contributed by atoms with E-state index in [4.69, 9.17) is 22.1 Å². The van der Waals surface area contributed by atoms with Gasteiger partial charge in [0.2, 0.25) is 0 Å². The van der Waals surface area contributed by atoms with Gasteiger partial charge in [-0.3, -0.25) is 9.78 Å². The Kier molecular flexibility index (Phi) is 5.01. The molecule has 128 valence electrons. The number of ether oxygens (including phenoxy) is 1. The van der Waals surface area contributed by atoms with Crippen molar-refractivity contribution >= 4 is 33.2 Å². The number of allylic oxidation sites excluding steroid dienone is 1. The average molecular weight is 375 g/mol. The largest absolute Gasteiger partial charge is 0.484 e. The van der Waals surface area contributed by atoms with Crippen molar-refractivity contribution in [1.82, 2.24) is 4.98 Å². The highest BCUT2D eigenvalue weighted by Gasteiger charge is 2.31. The lowest BCUT2D eigenvalue weighted by Crippen LogP contribution is -2.18. The summed E-state index contributed by atoms with van der Waals surface area (Å²) in [7, 11) is -1.71. The predicted molar refractivity (Wildman–Crippen MR) is 97.5 cm³/mol. The summed E-state index contributed by atoms with van der Waals surface area (Å²) in [6.45, 7) is 1.80. The molecule has 0 saturated carbocycles. The van der Waals surface area contributed by atoms with E-state index in [0.29, 0.717) is 15.5 Å². The fourth-order valence-electron chi connectivity index (χ4n) is 2.51. The van der Waals surface area contributed by atoms with Crippen LogP contribution in [0, 0.1) is 0 Å². The molecular weight excluding hydrogens is 360 g/mol. The van der Waals surface area contributed by atoms with Gasteiger partial charge in [0.15, 0.2) is 4.91 Å². The minimum atomic E-state index is -1.71. The van der Waals surface area contributed by atoms with Crippen LogP contribution in [-0.4, -0.2) is 15.1 Å². The summed E-state index contributed by atoms with van der Waals surface area (Å²) < 4.78 is 18.6. The third-order valence-corrected chi connectivity index (χ3v) is 5.58. The molecule has 25 heavy (non-hydrogen) atoms. The van der Waals surface area contributed by atoms with Gasteiger partial charge in [-0.15, -0.1) is 0 Å². The van der Waals surface area contributed by atoms with E-state index in [2.05, 4.69) is 4.98 Å². The third-order valence-electron chi connectivity index (χ3n) is 3.71. The number of carbonyl (C=O) groups excluding carboxylic acids is 1. The highest BCUT2D eigenvalue weighted by molar-refractivity contribution is 7.99. The molecule has 0 aliphatic carbocycles. The maximum atomic E-state index is 12.7. The van der Waals surface area contributed by atoms with E-state index in [9.17, 15) is 9.00 Å². The van der Waals surface area contributed by atoms with Gasteiger partial charge in [0.1, 0.15) is 11.9 Å². The van der Waals surface area contributed by atoms with E-state index in [-0.39, 0.29) is 10.7 Å². The van der Waals surface area contributed by atoms with Crippen LogP contribution in [0.5, 0.6) is 0 Å². The molecule has 2 unspecified atom stereocenters.